The lowest BCUT2D eigenvalue weighted by Crippen LogP contribution is -2.12. The molecule has 0 fully saturated rings. The van der Waals surface area contributed by atoms with Crippen molar-refractivity contribution in [2.45, 2.75) is 25.3 Å². The van der Waals surface area contributed by atoms with Gasteiger partial charge in [-0.1, -0.05) is 30.3 Å². The first kappa shape index (κ1) is 16.3. The first-order chi connectivity index (χ1) is 11.4. The molecule has 124 valence electrons. The average Bonchev–Trinajstić information content (AvgIpc) is 2.87. The average molecular weight is 341 g/mol. The number of benzene rings is 2. The highest BCUT2D eigenvalue weighted by Crippen LogP contribution is 2.17. The second kappa shape index (κ2) is 6.49. The van der Waals surface area contributed by atoms with E-state index < -0.39 is 10.0 Å². The third-order valence-electron chi connectivity index (χ3n) is 3.70. The van der Waals surface area contributed by atoms with Gasteiger partial charge in [0.25, 0.3) is 10.0 Å². The maximum atomic E-state index is 12.3. The lowest BCUT2D eigenvalue weighted by molar-refractivity contribution is 0.601. The molecule has 0 aliphatic heterocycles. The molecule has 3 aromatic rings. The Balaban J connectivity index is 1.74. The van der Waals surface area contributed by atoms with Crippen LogP contribution in [0.4, 0.5) is 5.69 Å². The Bertz CT molecular complexity index is 930. The van der Waals surface area contributed by atoms with Crippen molar-refractivity contribution in [3.63, 3.8) is 0 Å². The highest BCUT2D eigenvalue weighted by atomic mass is 32.2. The summed E-state index contributed by atoms with van der Waals surface area (Å²) in [6.45, 7) is 4.64. The van der Waals surface area contributed by atoms with Crippen molar-refractivity contribution in [1.82, 2.24) is 9.78 Å². The standard InChI is InChI=1S/C18H19N3O2S/c1-14-12-15(2)21(19-14)13-16-8-10-17(11-9-16)20-24(22,23)18-6-4-3-5-7-18/h3-12,20H,13H2,1-2H3. The Morgan fingerprint density at radius 2 is 1.67 bits per heavy atom. The molecule has 0 aliphatic rings. The van der Waals surface area contributed by atoms with Crippen molar-refractivity contribution >= 4 is 15.7 Å². The Morgan fingerprint density at radius 1 is 1.00 bits per heavy atom. The van der Waals surface area contributed by atoms with Crippen LogP contribution in [0, 0.1) is 13.8 Å². The summed E-state index contributed by atoms with van der Waals surface area (Å²) in [5.74, 6) is 0. The number of anilines is 1. The number of hydrogen-bond acceptors (Lipinski definition) is 3. The zero-order valence-electron chi connectivity index (χ0n) is 13.6. The minimum absolute atomic E-state index is 0.247. The molecule has 5 nitrogen and oxygen atoms in total. The SMILES string of the molecule is Cc1cc(C)n(Cc2ccc(NS(=O)(=O)c3ccccc3)cc2)n1. The van der Waals surface area contributed by atoms with Gasteiger partial charge in [-0.05, 0) is 49.7 Å². The lowest BCUT2D eigenvalue weighted by Gasteiger charge is -2.09. The molecule has 0 bridgehead atoms. The summed E-state index contributed by atoms with van der Waals surface area (Å²) in [6, 6.07) is 17.7. The number of hydrogen-bond donors (Lipinski definition) is 1. The van der Waals surface area contributed by atoms with Crippen molar-refractivity contribution in [2.75, 3.05) is 4.72 Å². The quantitative estimate of drug-likeness (QED) is 0.774. The maximum Gasteiger partial charge on any atom is 0.261 e. The normalized spacial score (nSPS) is 11.4. The number of rotatable bonds is 5. The Labute approximate surface area is 142 Å². The van der Waals surface area contributed by atoms with E-state index >= 15 is 0 Å². The molecule has 1 aromatic heterocycles. The van der Waals surface area contributed by atoms with Crippen molar-refractivity contribution in [1.29, 1.82) is 0 Å². The van der Waals surface area contributed by atoms with Gasteiger partial charge in [0.1, 0.15) is 0 Å². The molecule has 0 atom stereocenters. The van der Waals surface area contributed by atoms with Crippen LogP contribution in [0.15, 0.2) is 65.6 Å². The van der Waals surface area contributed by atoms with Crippen molar-refractivity contribution in [2.24, 2.45) is 0 Å². The van der Waals surface area contributed by atoms with Crippen LogP contribution in [0.1, 0.15) is 17.0 Å². The highest BCUT2D eigenvalue weighted by Gasteiger charge is 2.13. The molecule has 0 amide bonds. The largest absolute Gasteiger partial charge is 0.280 e. The fourth-order valence-electron chi connectivity index (χ4n) is 2.50. The van der Waals surface area contributed by atoms with Crippen LogP contribution in [0.2, 0.25) is 0 Å². The highest BCUT2D eigenvalue weighted by molar-refractivity contribution is 7.92. The van der Waals surface area contributed by atoms with E-state index in [1.165, 1.54) is 0 Å². The smallest absolute Gasteiger partial charge is 0.261 e. The summed E-state index contributed by atoms with van der Waals surface area (Å²) in [4.78, 5) is 0.247. The number of nitrogens with one attached hydrogen (secondary N) is 1. The summed E-state index contributed by atoms with van der Waals surface area (Å²) < 4.78 is 29.1. The van der Waals surface area contributed by atoms with Gasteiger partial charge in [0.2, 0.25) is 0 Å². The fourth-order valence-corrected chi connectivity index (χ4v) is 3.58. The van der Waals surface area contributed by atoms with Crippen LogP contribution in [-0.4, -0.2) is 18.2 Å². The van der Waals surface area contributed by atoms with Crippen LogP contribution >= 0.6 is 0 Å². The van der Waals surface area contributed by atoms with Gasteiger partial charge in [-0.2, -0.15) is 5.10 Å². The zero-order chi connectivity index (χ0) is 17.2. The summed E-state index contributed by atoms with van der Waals surface area (Å²) in [6.07, 6.45) is 0. The van der Waals surface area contributed by atoms with Crippen LogP contribution < -0.4 is 4.72 Å². The molecule has 0 saturated heterocycles. The fraction of sp³-hybridized carbons (Fsp3) is 0.167. The van der Waals surface area contributed by atoms with E-state index in [1.54, 1.807) is 42.5 Å². The third-order valence-corrected chi connectivity index (χ3v) is 5.09. The van der Waals surface area contributed by atoms with Gasteiger partial charge in [0.15, 0.2) is 0 Å². The van der Waals surface area contributed by atoms with Gasteiger partial charge in [-0.15, -0.1) is 0 Å². The Morgan fingerprint density at radius 3 is 2.25 bits per heavy atom. The third kappa shape index (κ3) is 3.65. The van der Waals surface area contributed by atoms with Gasteiger partial charge in [-0.25, -0.2) is 8.42 Å². The van der Waals surface area contributed by atoms with Gasteiger partial charge < -0.3 is 0 Å². The van der Waals surface area contributed by atoms with Crippen LogP contribution in [0.5, 0.6) is 0 Å². The topological polar surface area (TPSA) is 64.0 Å². The van der Waals surface area contributed by atoms with E-state index in [-0.39, 0.29) is 4.90 Å². The molecule has 0 unspecified atom stereocenters. The molecule has 6 heteroatoms. The van der Waals surface area contributed by atoms with Gasteiger partial charge in [0.05, 0.1) is 17.1 Å². The van der Waals surface area contributed by atoms with Gasteiger partial charge >= 0.3 is 0 Å². The summed E-state index contributed by atoms with van der Waals surface area (Å²) in [5.41, 5.74) is 3.68. The van der Waals surface area contributed by atoms with Gasteiger partial charge in [-0.3, -0.25) is 9.40 Å². The maximum absolute atomic E-state index is 12.3. The number of nitrogens with zero attached hydrogens (tertiary/aromatic N) is 2. The first-order valence-corrected chi connectivity index (χ1v) is 9.10. The Hall–Kier alpha value is -2.60. The molecule has 0 saturated carbocycles. The number of aryl methyl sites for hydroxylation is 2. The minimum atomic E-state index is -3.56. The Kier molecular flexibility index (Phi) is 4.40. The predicted molar refractivity (Wildman–Crippen MR) is 94.5 cm³/mol. The molecule has 24 heavy (non-hydrogen) atoms. The minimum Gasteiger partial charge on any atom is -0.280 e. The van der Waals surface area contributed by atoms with E-state index in [1.807, 2.05) is 36.7 Å². The zero-order valence-corrected chi connectivity index (χ0v) is 14.4. The van der Waals surface area contributed by atoms with Gasteiger partial charge in [0, 0.05) is 11.4 Å². The molecule has 0 aliphatic carbocycles. The van der Waals surface area contributed by atoms with E-state index in [4.69, 9.17) is 0 Å². The monoisotopic (exact) mass is 341 g/mol. The second-order valence-corrected chi connectivity index (χ2v) is 7.38. The van der Waals surface area contributed by atoms with E-state index in [0.717, 1.165) is 17.0 Å². The second-order valence-electron chi connectivity index (χ2n) is 5.70. The van der Waals surface area contributed by atoms with E-state index in [2.05, 4.69) is 9.82 Å². The summed E-state index contributed by atoms with van der Waals surface area (Å²) in [5, 5.41) is 4.43. The van der Waals surface area contributed by atoms with Crippen LogP contribution in [0.3, 0.4) is 0 Å². The van der Waals surface area contributed by atoms with Crippen LogP contribution in [-0.2, 0) is 16.6 Å². The van der Waals surface area contributed by atoms with Crippen molar-refractivity contribution in [3.05, 3.63) is 77.6 Å². The first-order valence-electron chi connectivity index (χ1n) is 7.62. The molecule has 3 rings (SSSR count). The number of aromatic nitrogens is 2. The van der Waals surface area contributed by atoms with E-state index in [9.17, 15) is 8.42 Å². The van der Waals surface area contributed by atoms with Crippen LogP contribution in [0.25, 0.3) is 0 Å². The molecule has 0 radical (unpaired) electrons. The molecule has 1 heterocycles. The van der Waals surface area contributed by atoms with Crippen molar-refractivity contribution in [3.8, 4) is 0 Å². The van der Waals surface area contributed by atoms with E-state index in [0.29, 0.717) is 12.2 Å². The van der Waals surface area contributed by atoms with Crippen molar-refractivity contribution < 1.29 is 8.42 Å². The molecule has 1 N–H and O–H groups in total. The number of sulfonamides is 1. The predicted octanol–water partition coefficient (Wildman–Crippen LogP) is 3.35. The summed E-state index contributed by atoms with van der Waals surface area (Å²) in [7, 11) is -3.56. The molecule has 0 spiro atoms. The molecular weight excluding hydrogens is 322 g/mol. The lowest BCUT2D eigenvalue weighted by atomic mass is 10.2. The molecule has 2 aromatic carbocycles. The molecular formula is C18H19N3O2S. The summed E-state index contributed by atoms with van der Waals surface area (Å²) >= 11 is 0.